The maximum absolute atomic E-state index is 13.6. The minimum absolute atomic E-state index is 0.0909. The predicted octanol–water partition coefficient (Wildman–Crippen LogP) is 3.17. The van der Waals surface area contributed by atoms with Crippen molar-refractivity contribution in [2.75, 3.05) is 19.6 Å². The standard InChI is InChI=1S/C23H27F2N3O2/c1-16-4-2-3-5-17(16)15-28-12-9-19(10-13-28)27-22(29)8-11-26-23(30)20-7-6-18(24)14-21(20)25/h2-7,14,19H,8-13,15H2,1H3,(H,26,30)(H,27,29). The molecule has 160 valence electrons. The Morgan fingerprint density at radius 3 is 2.53 bits per heavy atom. The Balaban J connectivity index is 1.36. The lowest BCUT2D eigenvalue weighted by atomic mass is 10.0. The zero-order valence-corrected chi connectivity index (χ0v) is 17.1. The maximum atomic E-state index is 13.6. The third-order valence-corrected chi connectivity index (χ3v) is 5.42. The largest absolute Gasteiger partial charge is 0.353 e. The second-order valence-corrected chi connectivity index (χ2v) is 7.67. The van der Waals surface area contributed by atoms with E-state index < -0.39 is 17.5 Å². The van der Waals surface area contributed by atoms with Crippen molar-refractivity contribution in [3.63, 3.8) is 0 Å². The molecule has 1 aliphatic heterocycles. The zero-order valence-electron chi connectivity index (χ0n) is 17.1. The minimum Gasteiger partial charge on any atom is -0.353 e. The van der Waals surface area contributed by atoms with Gasteiger partial charge in [0.1, 0.15) is 11.6 Å². The van der Waals surface area contributed by atoms with Gasteiger partial charge in [-0.2, -0.15) is 0 Å². The van der Waals surface area contributed by atoms with Gasteiger partial charge < -0.3 is 10.6 Å². The van der Waals surface area contributed by atoms with Gasteiger partial charge in [0.05, 0.1) is 5.56 Å². The fourth-order valence-corrected chi connectivity index (χ4v) is 3.62. The van der Waals surface area contributed by atoms with Crippen LogP contribution in [0, 0.1) is 18.6 Å². The maximum Gasteiger partial charge on any atom is 0.254 e. The molecule has 2 amide bonds. The highest BCUT2D eigenvalue weighted by Gasteiger charge is 2.21. The number of amides is 2. The molecule has 0 radical (unpaired) electrons. The Hall–Kier alpha value is -2.80. The molecule has 2 aromatic rings. The van der Waals surface area contributed by atoms with Crippen molar-refractivity contribution in [1.29, 1.82) is 0 Å². The number of carbonyl (C=O) groups excluding carboxylic acids is 2. The smallest absolute Gasteiger partial charge is 0.254 e. The highest BCUT2D eigenvalue weighted by molar-refractivity contribution is 5.94. The number of piperidine rings is 1. The van der Waals surface area contributed by atoms with Crippen LogP contribution in [0.5, 0.6) is 0 Å². The molecule has 1 saturated heterocycles. The van der Waals surface area contributed by atoms with Crippen LogP contribution in [0.4, 0.5) is 8.78 Å². The molecule has 2 aromatic carbocycles. The second kappa shape index (κ2) is 10.3. The van der Waals surface area contributed by atoms with E-state index in [1.165, 1.54) is 11.1 Å². The molecule has 30 heavy (non-hydrogen) atoms. The van der Waals surface area contributed by atoms with E-state index in [1.54, 1.807) is 0 Å². The van der Waals surface area contributed by atoms with E-state index in [0.717, 1.165) is 44.6 Å². The number of hydrogen-bond acceptors (Lipinski definition) is 3. The van der Waals surface area contributed by atoms with Gasteiger partial charge >= 0.3 is 0 Å². The number of halogens is 2. The summed E-state index contributed by atoms with van der Waals surface area (Å²) < 4.78 is 26.5. The molecule has 1 heterocycles. The molecule has 3 rings (SSSR count). The fourth-order valence-electron chi connectivity index (χ4n) is 3.62. The predicted molar refractivity (Wildman–Crippen MR) is 111 cm³/mol. The van der Waals surface area contributed by atoms with Crippen LogP contribution in [-0.4, -0.2) is 42.4 Å². The molecule has 0 spiro atoms. The summed E-state index contributed by atoms with van der Waals surface area (Å²) in [4.78, 5) is 26.5. The van der Waals surface area contributed by atoms with E-state index in [-0.39, 0.29) is 30.5 Å². The minimum atomic E-state index is -0.922. The number of aryl methyl sites for hydroxylation is 1. The molecule has 5 nitrogen and oxygen atoms in total. The van der Waals surface area contributed by atoms with Crippen molar-refractivity contribution in [3.05, 3.63) is 70.8 Å². The van der Waals surface area contributed by atoms with Crippen molar-refractivity contribution < 1.29 is 18.4 Å². The Morgan fingerprint density at radius 1 is 1.10 bits per heavy atom. The molecule has 7 heteroatoms. The average molecular weight is 415 g/mol. The molecule has 0 bridgehead atoms. The van der Waals surface area contributed by atoms with Gasteiger partial charge in [-0.3, -0.25) is 14.5 Å². The van der Waals surface area contributed by atoms with Crippen molar-refractivity contribution in [2.45, 2.75) is 38.8 Å². The number of benzene rings is 2. The molecular formula is C23H27F2N3O2. The van der Waals surface area contributed by atoms with Gasteiger partial charge in [0.15, 0.2) is 0 Å². The van der Waals surface area contributed by atoms with Crippen molar-refractivity contribution in [3.8, 4) is 0 Å². The van der Waals surface area contributed by atoms with Crippen LogP contribution in [0.2, 0.25) is 0 Å². The van der Waals surface area contributed by atoms with E-state index in [2.05, 4.69) is 40.7 Å². The first-order valence-electron chi connectivity index (χ1n) is 10.2. The number of nitrogens with zero attached hydrogens (tertiary/aromatic N) is 1. The Kier molecular flexibility index (Phi) is 7.52. The summed E-state index contributed by atoms with van der Waals surface area (Å²) in [6.07, 6.45) is 1.87. The number of hydrogen-bond donors (Lipinski definition) is 2. The molecule has 0 atom stereocenters. The molecule has 1 fully saturated rings. The van der Waals surface area contributed by atoms with Crippen LogP contribution in [-0.2, 0) is 11.3 Å². The Morgan fingerprint density at radius 2 is 1.83 bits per heavy atom. The fraction of sp³-hybridized carbons (Fsp3) is 0.391. The molecule has 0 aromatic heterocycles. The first kappa shape index (κ1) is 21.9. The monoisotopic (exact) mass is 415 g/mol. The van der Waals surface area contributed by atoms with Crippen molar-refractivity contribution >= 4 is 11.8 Å². The van der Waals surface area contributed by atoms with E-state index in [4.69, 9.17) is 0 Å². The van der Waals surface area contributed by atoms with Crippen LogP contribution < -0.4 is 10.6 Å². The molecule has 0 unspecified atom stereocenters. The summed E-state index contributed by atoms with van der Waals surface area (Å²) in [5, 5.41) is 5.50. The summed E-state index contributed by atoms with van der Waals surface area (Å²) >= 11 is 0. The van der Waals surface area contributed by atoms with Crippen LogP contribution in [0.1, 0.15) is 40.7 Å². The number of carbonyl (C=O) groups is 2. The van der Waals surface area contributed by atoms with Gasteiger partial charge in [0.2, 0.25) is 5.91 Å². The highest BCUT2D eigenvalue weighted by atomic mass is 19.1. The Labute approximate surface area is 175 Å². The van der Waals surface area contributed by atoms with E-state index in [9.17, 15) is 18.4 Å². The highest BCUT2D eigenvalue weighted by Crippen LogP contribution is 2.16. The molecule has 0 aliphatic carbocycles. The third-order valence-electron chi connectivity index (χ3n) is 5.42. The lowest BCUT2D eigenvalue weighted by Gasteiger charge is -2.32. The van der Waals surface area contributed by atoms with Gasteiger partial charge in [0.25, 0.3) is 5.91 Å². The van der Waals surface area contributed by atoms with E-state index in [0.29, 0.717) is 6.07 Å². The van der Waals surface area contributed by atoms with Crippen LogP contribution in [0.15, 0.2) is 42.5 Å². The normalized spacial score (nSPS) is 15.0. The lowest BCUT2D eigenvalue weighted by Crippen LogP contribution is -2.45. The summed E-state index contributed by atoms with van der Waals surface area (Å²) in [5.41, 5.74) is 2.38. The van der Waals surface area contributed by atoms with Gasteiger partial charge in [-0.05, 0) is 43.0 Å². The molecule has 0 saturated carbocycles. The summed E-state index contributed by atoms with van der Waals surface area (Å²) in [6, 6.07) is 11.3. The Bertz CT molecular complexity index is 896. The van der Waals surface area contributed by atoms with Gasteiger partial charge in [-0.1, -0.05) is 24.3 Å². The van der Waals surface area contributed by atoms with Crippen molar-refractivity contribution in [2.24, 2.45) is 0 Å². The third kappa shape index (κ3) is 6.10. The summed E-state index contributed by atoms with van der Waals surface area (Å²) in [7, 11) is 0. The first-order chi connectivity index (χ1) is 14.4. The summed E-state index contributed by atoms with van der Waals surface area (Å²) in [6.45, 7) is 4.96. The van der Waals surface area contributed by atoms with Crippen LogP contribution in [0.3, 0.4) is 0 Å². The van der Waals surface area contributed by atoms with Crippen molar-refractivity contribution in [1.82, 2.24) is 15.5 Å². The number of rotatable bonds is 7. The van der Waals surface area contributed by atoms with Gasteiger partial charge in [0, 0.05) is 44.7 Å². The molecule has 2 N–H and O–H groups in total. The average Bonchev–Trinajstić information content (AvgIpc) is 2.71. The van der Waals surface area contributed by atoms with Crippen LogP contribution in [0.25, 0.3) is 0 Å². The molecular weight excluding hydrogens is 388 g/mol. The topological polar surface area (TPSA) is 61.4 Å². The molecule has 1 aliphatic rings. The number of likely N-dealkylation sites (tertiary alicyclic amines) is 1. The SMILES string of the molecule is Cc1ccccc1CN1CCC(NC(=O)CCNC(=O)c2ccc(F)cc2F)CC1. The van der Waals surface area contributed by atoms with E-state index in [1.807, 2.05) is 6.07 Å². The van der Waals surface area contributed by atoms with Gasteiger partial charge in [-0.15, -0.1) is 0 Å². The second-order valence-electron chi connectivity index (χ2n) is 7.67. The first-order valence-corrected chi connectivity index (χ1v) is 10.2. The quantitative estimate of drug-likeness (QED) is 0.730. The van der Waals surface area contributed by atoms with Crippen LogP contribution >= 0.6 is 0 Å². The van der Waals surface area contributed by atoms with Gasteiger partial charge in [-0.25, -0.2) is 8.78 Å². The zero-order chi connectivity index (χ0) is 21.5. The number of nitrogens with one attached hydrogen (secondary N) is 2. The van der Waals surface area contributed by atoms with E-state index >= 15 is 0 Å². The lowest BCUT2D eigenvalue weighted by molar-refractivity contribution is -0.122. The summed E-state index contributed by atoms with van der Waals surface area (Å²) in [5.74, 6) is -2.47.